The second-order valence-corrected chi connectivity index (χ2v) is 5.67. The maximum atomic E-state index is 6.19. The van der Waals surface area contributed by atoms with Gasteiger partial charge in [0.1, 0.15) is 0 Å². The van der Waals surface area contributed by atoms with Gasteiger partial charge in [-0.15, -0.1) is 0 Å². The van der Waals surface area contributed by atoms with E-state index >= 15 is 0 Å². The topological polar surface area (TPSA) is 12.0 Å². The van der Waals surface area contributed by atoms with E-state index in [4.69, 9.17) is 23.2 Å². The van der Waals surface area contributed by atoms with E-state index < -0.39 is 0 Å². The lowest BCUT2D eigenvalue weighted by Crippen LogP contribution is -2.31. The number of hydrogen-bond donors (Lipinski definition) is 1. The van der Waals surface area contributed by atoms with Gasteiger partial charge in [-0.3, -0.25) is 0 Å². The van der Waals surface area contributed by atoms with Crippen LogP contribution in [0.15, 0.2) is 18.2 Å². The number of rotatable bonds is 3. The summed E-state index contributed by atoms with van der Waals surface area (Å²) in [6.07, 6.45) is 6.47. The number of nitrogens with one attached hydrogen (secondary N) is 1. The van der Waals surface area contributed by atoms with Crippen LogP contribution in [-0.4, -0.2) is 6.04 Å². The molecule has 1 aliphatic carbocycles. The molecule has 1 N–H and O–H groups in total. The molecule has 17 heavy (non-hydrogen) atoms. The van der Waals surface area contributed by atoms with Gasteiger partial charge < -0.3 is 5.32 Å². The van der Waals surface area contributed by atoms with Gasteiger partial charge in [-0.25, -0.2) is 0 Å². The molecule has 3 heteroatoms. The van der Waals surface area contributed by atoms with Crippen LogP contribution in [0.1, 0.15) is 39.0 Å². The van der Waals surface area contributed by atoms with Gasteiger partial charge in [-0.2, -0.15) is 0 Å². The van der Waals surface area contributed by atoms with Gasteiger partial charge in [0.15, 0.2) is 0 Å². The molecule has 0 radical (unpaired) electrons. The molecule has 0 aromatic heterocycles. The first-order valence-corrected chi connectivity index (χ1v) is 7.18. The van der Waals surface area contributed by atoms with Gasteiger partial charge in [0.2, 0.25) is 0 Å². The van der Waals surface area contributed by atoms with Crippen molar-refractivity contribution in [3.63, 3.8) is 0 Å². The smallest absolute Gasteiger partial charge is 0.0638 e. The van der Waals surface area contributed by atoms with Crippen molar-refractivity contribution in [2.45, 2.75) is 45.1 Å². The summed E-state index contributed by atoms with van der Waals surface area (Å²) in [6.45, 7) is 2.27. The first kappa shape index (κ1) is 13.0. The van der Waals surface area contributed by atoms with Crippen molar-refractivity contribution in [2.75, 3.05) is 5.32 Å². The van der Waals surface area contributed by atoms with E-state index in [0.29, 0.717) is 6.04 Å². The van der Waals surface area contributed by atoms with Crippen molar-refractivity contribution in [1.82, 2.24) is 0 Å². The van der Waals surface area contributed by atoms with Crippen LogP contribution in [0.4, 0.5) is 5.69 Å². The Hall–Kier alpha value is -0.400. The highest BCUT2D eigenvalue weighted by molar-refractivity contribution is 6.35. The zero-order valence-electron chi connectivity index (χ0n) is 10.2. The van der Waals surface area contributed by atoms with Crippen LogP contribution in [0.2, 0.25) is 10.0 Å². The van der Waals surface area contributed by atoms with E-state index in [-0.39, 0.29) is 0 Å². The number of hydrogen-bond acceptors (Lipinski definition) is 1. The molecule has 94 valence electrons. The monoisotopic (exact) mass is 271 g/mol. The second-order valence-electron chi connectivity index (χ2n) is 4.83. The van der Waals surface area contributed by atoms with Crippen molar-refractivity contribution in [1.29, 1.82) is 0 Å². The molecule has 2 rings (SSSR count). The molecule has 2 atom stereocenters. The van der Waals surface area contributed by atoms with Crippen molar-refractivity contribution < 1.29 is 0 Å². The van der Waals surface area contributed by atoms with Gasteiger partial charge in [0, 0.05) is 11.1 Å². The maximum Gasteiger partial charge on any atom is 0.0638 e. The Kier molecular flexibility index (Phi) is 4.58. The van der Waals surface area contributed by atoms with Crippen molar-refractivity contribution in [2.24, 2.45) is 5.92 Å². The molecule has 0 aliphatic heterocycles. The summed E-state index contributed by atoms with van der Waals surface area (Å²) in [5.74, 6) is 0.763. The largest absolute Gasteiger partial charge is 0.381 e. The van der Waals surface area contributed by atoms with Crippen LogP contribution < -0.4 is 5.32 Å². The average molecular weight is 272 g/mol. The fraction of sp³-hybridized carbons (Fsp3) is 0.571. The van der Waals surface area contributed by atoms with Crippen LogP contribution in [0, 0.1) is 5.92 Å². The summed E-state index contributed by atoms with van der Waals surface area (Å²) in [5, 5.41) is 5.07. The fourth-order valence-electron chi connectivity index (χ4n) is 2.69. The third-order valence-electron chi connectivity index (χ3n) is 3.70. The molecule has 1 fully saturated rings. The van der Waals surface area contributed by atoms with E-state index in [1.807, 2.05) is 18.2 Å². The SMILES string of the molecule is CCC1CCCCC1Nc1cc(Cl)ccc1Cl. The molecule has 0 amide bonds. The molecule has 0 heterocycles. The summed E-state index contributed by atoms with van der Waals surface area (Å²) < 4.78 is 0. The molecule has 1 aliphatic rings. The predicted octanol–water partition coefficient (Wildman–Crippen LogP) is 5.37. The minimum Gasteiger partial charge on any atom is -0.381 e. The third kappa shape index (κ3) is 3.29. The molecule has 0 spiro atoms. The Bertz CT molecular complexity index is 378. The Morgan fingerprint density at radius 2 is 2.00 bits per heavy atom. The van der Waals surface area contributed by atoms with Gasteiger partial charge >= 0.3 is 0 Å². The molecule has 2 unspecified atom stereocenters. The summed E-state index contributed by atoms with van der Waals surface area (Å²) in [5.41, 5.74) is 0.976. The lowest BCUT2D eigenvalue weighted by molar-refractivity contribution is 0.317. The number of anilines is 1. The Morgan fingerprint density at radius 1 is 1.24 bits per heavy atom. The van der Waals surface area contributed by atoms with Gasteiger partial charge in [-0.05, 0) is 37.0 Å². The third-order valence-corrected chi connectivity index (χ3v) is 4.27. The summed E-state index contributed by atoms with van der Waals surface area (Å²) >= 11 is 12.2. The molecular weight excluding hydrogens is 253 g/mol. The van der Waals surface area contributed by atoms with Gasteiger partial charge in [-0.1, -0.05) is 49.4 Å². The van der Waals surface area contributed by atoms with Crippen LogP contribution >= 0.6 is 23.2 Å². The van der Waals surface area contributed by atoms with Crippen molar-refractivity contribution in [3.8, 4) is 0 Å². The molecule has 0 bridgehead atoms. The van der Waals surface area contributed by atoms with Crippen LogP contribution in [0.5, 0.6) is 0 Å². The second kappa shape index (κ2) is 5.97. The number of halogens is 2. The Labute approximate surface area is 114 Å². The number of benzene rings is 1. The zero-order valence-corrected chi connectivity index (χ0v) is 11.7. The molecule has 1 nitrogen and oxygen atoms in total. The van der Waals surface area contributed by atoms with Gasteiger partial charge in [0.05, 0.1) is 10.7 Å². The molecule has 1 aromatic carbocycles. The van der Waals surface area contributed by atoms with E-state index in [2.05, 4.69) is 12.2 Å². The highest BCUT2D eigenvalue weighted by Crippen LogP contribution is 2.32. The Balaban J connectivity index is 2.10. The van der Waals surface area contributed by atoms with E-state index in [1.165, 1.54) is 32.1 Å². The quantitative estimate of drug-likeness (QED) is 0.779. The summed E-state index contributed by atoms with van der Waals surface area (Å²) in [4.78, 5) is 0. The first-order chi connectivity index (χ1) is 8.20. The summed E-state index contributed by atoms with van der Waals surface area (Å²) in [7, 11) is 0. The normalized spacial score (nSPS) is 24.6. The minimum atomic E-state index is 0.546. The summed E-state index contributed by atoms with van der Waals surface area (Å²) in [6, 6.07) is 6.15. The van der Waals surface area contributed by atoms with E-state index in [0.717, 1.165) is 21.7 Å². The standard InChI is InChI=1S/C14H19Cl2N/c1-2-10-5-3-4-6-13(10)17-14-9-11(15)7-8-12(14)16/h7-10,13,17H,2-6H2,1H3. The zero-order chi connectivity index (χ0) is 12.3. The minimum absolute atomic E-state index is 0.546. The van der Waals surface area contributed by atoms with Crippen molar-refractivity contribution in [3.05, 3.63) is 28.2 Å². The predicted molar refractivity (Wildman–Crippen MR) is 76.1 cm³/mol. The van der Waals surface area contributed by atoms with Crippen LogP contribution in [0.25, 0.3) is 0 Å². The van der Waals surface area contributed by atoms with E-state index in [1.54, 1.807) is 0 Å². The molecule has 1 saturated carbocycles. The highest BCUT2D eigenvalue weighted by atomic mass is 35.5. The lowest BCUT2D eigenvalue weighted by atomic mass is 9.83. The van der Waals surface area contributed by atoms with E-state index in [9.17, 15) is 0 Å². The molecule has 0 saturated heterocycles. The molecular formula is C14H19Cl2N. The highest BCUT2D eigenvalue weighted by Gasteiger charge is 2.23. The first-order valence-electron chi connectivity index (χ1n) is 6.42. The van der Waals surface area contributed by atoms with Gasteiger partial charge in [0.25, 0.3) is 0 Å². The molecule has 1 aromatic rings. The average Bonchev–Trinajstić information content (AvgIpc) is 2.34. The van der Waals surface area contributed by atoms with Crippen LogP contribution in [-0.2, 0) is 0 Å². The van der Waals surface area contributed by atoms with Crippen molar-refractivity contribution >= 4 is 28.9 Å². The fourth-order valence-corrected chi connectivity index (χ4v) is 3.04. The Morgan fingerprint density at radius 3 is 2.76 bits per heavy atom. The maximum absolute atomic E-state index is 6.19. The lowest BCUT2D eigenvalue weighted by Gasteiger charge is -2.32. The van der Waals surface area contributed by atoms with Crippen LogP contribution in [0.3, 0.4) is 0 Å².